The summed E-state index contributed by atoms with van der Waals surface area (Å²) in [6.45, 7) is 0.125. The molecule has 60 heavy (non-hydrogen) atoms. The maximum Gasteiger partial charge on any atom is 0.344 e. The van der Waals surface area contributed by atoms with Crippen LogP contribution in [0.25, 0.3) is 44.4 Å². The Morgan fingerprint density at radius 3 is 1.65 bits per heavy atom. The fourth-order valence-corrected chi connectivity index (χ4v) is 6.37. The predicted octanol–water partition coefficient (Wildman–Crippen LogP) is 7.32. The van der Waals surface area contributed by atoms with Crippen molar-refractivity contribution in [3.63, 3.8) is 0 Å². The first-order valence-corrected chi connectivity index (χ1v) is 17.8. The molecule has 1 aliphatic rings. The molecule has 0 aliphatic carbocycles. The first-order chi connectivity index (χ1) is 28.6. The number of benzene rings is 6. The molecule has 0 saturated carbocycles. The molecule has 15 nitrogen and oxygen atoms in total. The molecular formula is C45H32O15. The second-order valence-electron chi connectivity index (χ2n) is 13.4. The molecule has 302 valence electrons. The minimum atomic E-state index is -0.590. The molecule has 15 heteroatoms. The van der Waals surface area contributed by atoms with Gasteiger partial charge in [-0.1, -0.05) is 24.3 Å². The number of rotatable bonds is 3. The second kappa shape index (κ2) is 16.1. The molecule has 6 aromatic carbocycles. The van der Waals surface area contributed by atoms with Crippen LogP contribution in [0.4, 0.5) is 0 Å². The zero-order chi connectivity index (χ0) is 42.8. The van der Waals surface area contributed by atoms with E-state index in [1.165, 1.54) is 72.8 Å². The number of phenolic OH excluding ortho intramolecular Hbond substituents is 9. The lowest BCUT2D eigenvalue weighted by molar-refractivity contribution is 0.0892. The standard InChI is InChI=1S/C15H10O5.C15H12O5.C15H10O5/c16-9-3-1-8(2-4-9)11-7-12-13(18)5-10(17)6-14(12)20-15(11)19;16-9-3-1-8(2-4-9)11-7-20-13-6-10(17)5-12(18)14(13)15(11)19;16-9-3-1-8(2-4-9)13-7-12(19)15-11(18)5-10(17)6-14(15)20-13/h1-7,16-18H;1-6,11,16-18H,7H2;1-7,16-18H. The van der Waals surface area contributed by atoms with Crippen LogP contribution >= 0.6 is 0 Å². The number of aromatic hydroxyl groups is 9. The highest BCUT2D eigenvalue weighted by atomic mass is 16.5. The van der Waals surface area contributed by atoms with Crippen LogP contribution in [0.15, 0.2) is 140 Å². The van der Waals surface area contributed by atoms with Crippen LogP contribution < -0.4 is 15.8 Å². The zero-order valence-corrected chi connectivity index (χ0v) is 30.8. The van der Waals surface area contributed by atoms with E-state index in [0.717, 1.165) is 12.1 Å². The molecule has 9 rings (SSSR count). The summed E-state index contributed by atoms with van der Waals surface area (Å²) in [5, 5.41) is 85.6. The number of ketones is 1. The van der Waals surface area contributed by atoms with Gasteiger partial charge in [0.05, 0.1) is 16.9 Å². The van der Waals surface area contributed by atoms with Gasteiger partial charge in [0.15, 0.2) is 11.2 Å². The summed E-state index contributed by atoms with van der Waals surface area (Å²) in [5.74, 6) is -1.37. The van der Waals surface area contributed by atoms with Gasteiger partial charge in [-0.25, -0.2) is 4.79 Å². The summed E-state index contributed by atoms with van der Waals surface area (Å²) < 4.78 is 16.1. The lowest BCUT2D eigenvalue weighted by Crippen LogP contribution is -2.26. The Morgan fingerprint density at radius 1 is 0.483 bits per heavy atom. The van der Waals surface area contributed by atoms with Gasteiger partial charge in [-0.2, -0.15) is 0 Å². The van der Waals surface area contributed by atoms with Crippen molar-refractivity contribution in [2.75, 3.05) is 6.61 Å². The third-order valence-corrected chi connectivity index (χ3v) is 9.27. The van der Waals surface area contributed by atoms with Gasteiger partial charge in [0, 0.05) is 48.0 Å². The molecule has 8 aromatic rings. The highest BCUT2D eigenvalue weighted by molar-refractivity contribution is 6.06. The Kier molecular flexibility index (Phi) is 10.6. The third kappa shape index (κ3) is 8.26. The van der Waals surface area contributed by atoms with Gasteiger partial charge in [-0.05, 0) is 65.7 Å². The van der Waals surface area contributed by atoms with Crippen molar-refractivity contribution in [1.29, 1.82) is 0 Å². The Hall–Kier alpha value is -8.59. The van der Waals surface area contributed by atoms with Gasteiger partial charge in [0.2, 0.25) is 0 Å². The van der Waals surface area contributed by atoms with Crippen LogP contribution in [0.1, 0.15) is 21.8 Å². The highest BCUT2D eigenvalue weighted by Gasteiger charge is 2.33. The maximum atomic E-state index is 12.5. The van der Waals surface area contributed by atoms with Gasteiger partial charge in [0.1, 0.15) is 92.0 Å². The van der Waals surface area contributed by atoms with E-state index in [9.17, 15) is 60.3 Å². The van der Waals surface area contributed by atoms with Crippen LogP contribution in [-0.4, -0.2) is 58.3 Å². The highest BCUT2D eigenvalue weighted by Crippen LogP contribution is 2.40. The van der Waals surface area contributed by atoms with E-state index in [1.807, 2.05) is 0 Å². The number of carbonyl (C=O) groups is 1. The Labute approximate surface area is 337 Å². The minimum absolute atomic E-state index is 0.0188. The molecule has 9 N–H and O–H groups in total. The van der Waals surface area contributed by atoms with Crippen molar-refractivity contribution >= 4 is 27.7 Å². The molecule has 1 aliphatic heterocycles. The fraction of sp³-hybridized carbons (Fsp3) is 0.0444. The average Bonchev–Trinajstić information content (AvgIpc) is 3.19. The maximum absolute atomic E-state index is 12.5. The van der Waals surface area contributed by atoms with E-state index in [4.69, 9.17) is 13.6 Å². The first-order valence-electron chi connectivity index (χ1n) is 17.8. The largest absolute Gasteiger partial charge is 0.508 e. The quantitative estimate of drug-likeness (QED) is 0.0791. The number of hydrogen-bond donors (Lipinski definition) is 9. The number of Topliss-reactive ketones (excluding diaryl/α,β-unsaturated/α-hetero) is 1. The van der Waals surface area contributed by atoms with E-state index >= 15 is 0 Å². The Bertz CT molecular complexity index is 3020. The number of hydrogen-bond acceptors (Lipinski definition) is 15. The van der Waals surface area contributed by atoms with Crippen LogP contribution in [0.5, 0.6) is 57.5 Å². The van der Waals surface area contributed by atoms with Crippen molar-refractivity contribution in [3.8, 4) is 79.9 Å². The van der Waals surface area contributed by atoms with Gasteiger partial charge in [0.25, 0.3) is 0 Å². The van der Waals surface area contributed by atoms with E-state index < -0.39 is 17.0 Å². The number of carbonyl (C=O) groups excluding carboxylic acids is 1. The SMILES string of the molecule is O=C1c2c(O)cc(O)cc2OCC1c1ccc(O)cc1.O=c1cc(-c2ccc(O)cc2)oc2cc(O)cc(O)c12.O=c1oc2cc(O)cc(O)c2cc1-c1ccc(O)cc1. The van der Waals surface area contributed by atoms with E-state index in [2.05, 4.69) is 0 Å². The summed E-state index contributed by atoms with van der Waals surface area (Å²) in [6.07, 6.45) is 0. The molecule has 0 amide bonds. The van der Waals surface area contributed by atoms with Gasteiger partial charge >= 0.3 is 5.63 Å². The number of phenols is 9. The van der Waals surface area contributed by atoms with Crippen molar-refractivity contribution in [3.05, 3.63) is 153 Å². The molecule has 3 heterocycles. The van der Waals surface area contributed by atoms with Gasteiger partial charge in [-0.3, -0.25) is 9.59 Å². The topological polar surface area (TPSA) is 269 Å². The van der Waals surface area contributed by atoms with Crippen molar-refractivity contribution in [2.45, 2.75) is 5.92 Å². The lowest BCUT2D eigenvalue weighted by atomic mass is 9.88. The van der Waals surface area contributed by atoms with E-state index in [1.54, 1.807) is 36.4 Å². The van der Waals surface area contributed by atoms with Crippen LogP contribution in [0.3, 0.4) is 0 Å². The number of fused-ring (bicyclic) bond motifs is 3. The van der Waals surface area contributed by atoms with Crippen molar-refractivity contribution < 1.29 is 64.3 Å². The average molecular weight is 813 g/mol. The molecular weight excluding hydrogens is 780 g/mol. The van der Waals surface area contributed by atoms with Gasteiger partial charge < -0.3 is 59.5 Å². The predicted molar refractivity (Wildman–Crippen MR) is 216 cm³/mol. The van der Waals surface area contributed by atoms with E-state index in [-0.39, 0.29) is 103 Å². The molecule has 1 atom stereocenters. The molecule has 1 unspecified atom stereocenters. The smallest absolute Gasteiger partial charge is 0.344 e. The lowest BCUT2D eigenvalue weighted by Gasteiger charge is -2.25. The molecule has 0 saturated heterocycles. The van der Waals surface area contributed by atoms with Crippen molar-refractivity contribution in [1.82, 2.24) is 0 Å². The first kappa shape index (κ1) is 39.6. The Morgan fingerprint density at radius 2 is 1.02 bits per heavy atom. The molecule has 0 bridgehead atoms. The van der Waals surface area contributed by atoms with E-state index in [0.29, 0.717) is 22.1 Å². The summed E-state index contributed by atoms with van der Waals surface area (Å²) in [7, 11) is 0. The van der Waals surface area contributed by atoms with Crippen LogP contribution in [0, 0.1) is 0 Å². The summed E-state index contributed by atoms with van der Waals surface area (Å²) >= 11 is 0. The van der Waals surface area contributed by atoms with Crippen molar-refractivity contribution in [2.24, 2.45) is 0 Å². The summed E-state index contributed by atoms with van der Waals surface area (Å²) in [5.41, 5.74) is 1.40. The second-order valence-corrected chi connectivity index (χ2v) is 13.4. The summed E-state index contributed by atoms with van der Waals surface area (Å²) in [6, 6.07) is 28.4. The minimum Gasteiger partial charge on any atom is -0.508 e. The third-order valence-electron chi connectivity index (χ3n) is 9.27. The monoisotopic (exact) mass is 812 g/mol. The molecule has 0 radical (unpaired) electrons. The molecule has 0 spiro atoms. The fourth-order valence-electron chi connectivity index (χ4n) is 6.37. The Balaban J connectivity index is 0.000000136. The van der Waals surface area contributed by atoms with Crippen LogP contribution in [0.2, 0.25) is 0 Å². The molecule has 2 aromatic heterocycles. The summed E-state index contributed by atoms with van der Waals surface area (Å²) in [4.78, 5) is 36.4. The molecule has 0 fully saturated rings. The van der Waals surface area contributed by atoms with Gasteiger partial charge in [-0.15, -0.1) is 0 Å². The number of ether oxygens (including phenoxy) is 1. The zero-order valence-electron chi connectivity index (χ0n) is 30.8. The normalized spacial score (nSPS) is 13.0. The van der Waals surface area contributed by atoms with Crippen LogP contribution in [-0.2, 0) is 0 Å².